The van der Waals surface area contributed by atoms with Gasteiger partial charge in [0.15, 0.2) is 23.1 Å². The summed E-state index contributed by atoms with van der Waals surface area (Å²) in [4.78, 5) is 15.8. The van der Waals surface area contributed by atoms with Gasteiger partial charge in [0.1, 0.15) is 16.7 Å². The Labute approximate surface area is 394 Å². The zero-order valence-corrected chi connectivity index (χ0v) is 36.9. The molecule has 6 heteroatoms. The maximum absolute atomic E-state index is 7.03. The maximum atomic E-state index is 7.03. The smallest absolute Gasteiger partial charge is 0.164 e. The predicted molar refractivity (Wildman–Crippen MR) is 283 cm³/mol. The molecule has 0 atom stereocenters. The van der Waals surface area contributed by atoms with Crippen LogP contribution in [0.25, 0.3) is 149 Å². The maximum Gasteiger partial charge on any atom is 0.164 e. The average molecular weight is 881 g/mol. The van der Waals surface area contributed by atoms with Gasteiger partial charge in [-0.25, -0.2) is 15.0 Å². The molecule has 0 N–H and O–H groups in total. The van der Waals surface area contributed by atoms with Gasteiger partial charge in [-0.3, -0.25) is 0 Å². The summed E-state index contributed by atoms with van der Waals surface area (Å²) < 4.78 is 15.8. The molecular weight excluding hydrogens is 845 g/mol. The number of fused-ring (bicyclic) bond motifs is 14. The Bertz CT molecular complexity index is 4620. The first kappa shape index (κ1) is 37.8. The lowest BCUT2D eigenvalue weighted by Crippen LogP contribution is -2.00. The highest BCUT2D eigenvalue weighted by Gasteiger charge is 2.22. The lowest BCUT2D eigenvalue weighted by Gasteiger charge is -2.11. The van der Waals surface area contributed by atoms with Crippen LogP contribution in [0.15, 0.2) is 227 Å². The van der Waals surface area contributed by atoms with Crippen LogP contribution in [0.4, 0.5) is 0 Å². The molecule has 0 spiro atoms. The Balaban J connectivity index is 0.958. The Morgan fingerprint density at radius 1 is 0.304 bits per heavy atom. The third-order valence-corrected chi connectivity index (χ3v) is 14.0. The Hall–Kier alpha value is -9.39. The second kappa shape index (κ2) is 14.6. The number of hydrogen-bond donors (Lipinski definition) is 0. The molecule has 0 aliphatic heterocycles. The van der Waals surface area contributed by atoms with Crippen molar-refractivity contribution in [3.63, 3.8) is 0 Å². The van der Waals surface area contributed by atoms with Crippen molar-refractivity contribution in [1.29, 1.82) is 0 Å². The minimum absolute atomic E-state index is 0.570. The summed E-state index contributed by atoms with van der Waals surface area (Å²) in [5.74, 6) is 1.73. The molecule has 0 unspecified atom stereocenters. The average Bonchev–Trinajstić information content (AvgIpc) is 4.10. The Kier molecular flexibility index (Phi) is 7.97. The van der Waals surface area contributed by atoms with Gasteiger partial charge in [0.05, 0.1) is 16.7 Å². The lowest BCUT2D eigenvalue weighted by molar-refractivity contribution is 0.666. The molecule has 0 bridgehead atoms. The molecule has 0 saturated heterocycles. The quantitative estimate of drug-likeness (QED) is 0.172. The summed E-state index contributed by atoms with van der Waals surface area (Å²) in [6.07, 6.45) is 0. The van der Waals surface area contributed by atoms with Gasteiger partial charge in [-0.05, 0) is 98.0 Å². The summed E-state index contributed by atoms with van der Waals surface area (Å²) in [7, 11) is 0. The number of para-hydroxylation sites is 2. The zero-order valence-electron chi connectivity index (χ0n) is 36.9. The van der Waals surface area contributed by atoms with E-state index in [1.807, 2.05) is 36.4 Å². The van der Waals surface area contributed by atoms with Gasteiger partial charge in [0.25, 0.3) is 0 Å². The number of nitrogens with zero attached hydrogens (tertiary/aromatic N) is 4. The van der Waals surface area contributed by atoms with E-state index in [0.717, 1.165) is 99.2 Å². The van der Waals surface area contributed by atoms with Crippen molar-refractivity contribution in [3.8, 4) is 51.0 Å². The highest BCUT2D eigenvalue weighted by atomic mass is 16.3. The third-order valence-electron chi connectivity index (χ3n) is 14.0. The van der Waals surface area contributed by atoms with Crippen molar-refractivity contribution in [3.05, 3.63) is 218 Å². The molecule has 0 fully saturated rings. The topological polar surface area (TPSA) is 69.9 Å². The first-order valence-corrected chi connectivity index (χ1v) is 23.2. The number of rotatable bonds is 5. The van der Waals surface area contributed by atoms with Crippen LogP contribution in [0.1, 0.15) is 0 Å². The summed E-state index contributed by atoms with van der Waals surface area (Å²) in [5.41, 5.74) is 11.4. The normalized spacial score (nSPS) is 12.1. The minimum Gasteiger partial charge on any atom is -0.456 e. The number of furan rings is 2. The fraction of sp³-hybridized carbons (Fsp3) is 0. The molecular formula is C63H36N4O2. The molecule has 4 heterocycles. The zero-order chi connectivity index (χ0) is 45.2. The van der Waals surface area contributed by atoms with Crippen LogP contribution in [-0.4, -0.2) is 19.5 Å². The second-order valence-electron chi connectivity index (χ2n) is 17.9. The Morgan fingerprint density at radius 3 is 1.81 bits per heavy atom. The van der Waals surface area contributed by atoms with Crippen molar-refractivity contribution in [1.82, 2.24) is 19.5 Å². The van der Waals surface area contributed by atoms with E-state index in [-0.39, 0.29) is 0 Å². The first-order valence-electron chi connectivity index (χ1n) is 23.2. The molecule has 0 radical (unpaired) electrons. The Morgan fingerprint density at radius 2 is 0.928 bits per heavy atom. The van der Waals surface area contributed by atoms with Crippen molar-refractivity contribution >= 4 is 98.0 Å². The summed E-state index contributed by atoms with van der Waals surface area (Å²) in [5, 5.41) is 13.5. The number of benzene rings is 11. The van der Waals surface area contributed by atoms with Gasteiger partial charge in [-0.2, -0.15) is 0 Å². The van der Waals surface area contributed by atoms with Crippen molar-refractivity contribution in [2.24, 2.45) is 0 Å². The van der Waals surface area contributed by atoms with E-state index in [0.29, 0.717) is 17.5 Å². The minimum atomic E-state index is 0.570. The lowest BCUT2D eigenvalue weighted by atomic mass is 10.0. The number of hydrogen-bond acceptors (Lipinski definition) is 5. The first-order chi connectivity index (χ1) is 34.2. The molecule has 0 amide bonds. The summed E-state index contributed by atoms with van der Waals surface area (Å²) in [6.45, 7) is 0. The van der Waals surface area contributed by atoms with Crippen molar-refractivity contribution < 1.29 is 8.83 Å². The summed E-state index contributed by atoms with van der Waals surface area (Å²) in [6, 6.07) is 76.8. The molecule has 11 aromatic carbocycles. The van der Waals surface area contributed by atoms with Crippen LogP contribution in [0.3, 0.4) is 0 Å². The van der Waals surface area contributed by atoms with Gasteiger partial charge in [0.2, 0.25) is 0 Å². The van der Waals surface area contributed by atoms with Gasteiger partial charge < -0.3 is 13.4 Å². The van der Waals surface area contributed by atoms with Crippen LogP contribution in [0.2, 0.25) is 0 Å². The third kappa shape index (κ3) is 5.76. The van der Waals surface area contributed by atoms with Crippen molar-refractivity contribution in [2.45, 2.75) is 0 Å². The summed E-state index contributed by atoms with van der Waals surface area (Å²) >= 11 is 0. The molecule has 0 aliphatic rings. The molecule has 320 valence electrons. The van der Waals surface area contributed by atoms with Gasteiger partial charge in [0, 0.05) is 49.0 Å². The van der Waals surface area contributed by atoms with E-state index in [9.17, 15) is 0 Å². The van der Waals surface area contributed by atoms with Crippen LogP contribution in [0.5, 0.6) is 0 Å². The van der Waals surface area contributed by atoms with Gasteiger partial charge >= 0.3 is 0 Å². The largest absolute Gasteiger partial charge is 0.456 e. The van der Waals surface area contributed by atoms with E-state index in [2.05, 4.69) is 187 Å². The molecule has 4 aromatic heterocycles. The number of aromatic nitrogens is 4. The fourth-order valence-corrected chi connectivity index (χ4v) is 10.8. The molecule has 15 aromatic rings. The van der Waals surface area contributed by atoms with Crippen LogP contribution >= 0.6 is 0 Å². The van der Waals surface area contributed by atoms with E-state index < -0.39 is 0 Å². The molecule has 0 aliphatic carbocycles. The van der Waals surface area contributed by atoms with Gasteiger partial charge in [-0.1, -0.05) is 164 Å². The fourth-order valence-electron chi connectivity index (χ4n) is 10.8. The van der Waals surface area contributed by atoms with Gasteiger partial charge in [-0.15, -0.1) is 0 Å². The standard InChI is InChI=1S/C63H36N4O2/c1-2-13-37(14-3-1)40-18-10-19-43(33-40)61-64-62(66-63(65-61)48-23-12-26-55-58(48)46-21-8-9-25-54(46)68-55)44-28-27-39-30-32-56-59(49(39)35-44)47-22-11-24-52(60(47)69-56)67-51-31-29-38-15-6-7-20-45(38)57(51)50-34-41-16-4-5-17-42(41)36-53(50)67/h1-36H. The van der Waals surface area contributed by atoms with Crippen LogP contribution in [-0.2, 0) is 0 Å². The van der Waals surface area contributed by atoms with E-state index in [1.54, 1.807) is 0 Å². The molecule has 15 rings (SSSR count). The van der Waals surface area contributed by atoms with Crippen molar-refractivity contribution in [2.75, 3.05) is 0 Å². The van der Waals surface area contributed by atoms with E-state index in [1.165, 1.54) is 32.3 Å². The van der Waals surface area contributed by atoms with Crippen LogP contribution < -0.4 is 0 Å². The highest BCUT2D eigenvalue weighted by Crippen LogP contribution is 2.44. The molecule has 69 heavy (non-hydrogen) atoms. The SMILES string of the molecule is c1ccc(-c2cccc(-c3nc(-c4ccc5ccc6oc7c(-n8c9cc%10ccccc%10cc9c9c%10ccccc%10ccc98)cccc7c6c5c4)nc(-c4cccc5oc6ccccc6c45)n3)c2)cc1. The van der Waals surface area contributed by atoms with Crippen LogP contribution in [0, 0.1) is 0 Å². The van der Waals surface area contributed by atoms with E-state index in [4.69, 9.17) is 23.8 Å². The molecule has 6 nitrogen and oxygen atoms in total. The monoisotopic (exact) mass is 880 g/mol. The predicted octanol–water partition coefficient (Wildman–Crippen LogP) is 16.9. The second-order valence-corrected chi connectivity index (χ2v) is 17.9. The highest BCUT2D eigenvalue weighted by molar-refractivity contribution is 6.25. The molecule has 0 saturated carbocycles. The van der Waals surface area contributed by atoms with E-state index >= 15 is 0 Å².